The van der Waals surface area contributed by atoms with Crippen LogP contribution < -0.4 is 0 Å². The highest BCUT2D eigenvalue weighted by Gasteiger charge is 2.60. The maximum absolute atomic E-state index is 9.92. The Bertz CT molecular complexity index is 212. The quantitative estimate of drug-likeness (QED) is 0.543. The Hall–Kier alpha value is -0.160. The minimum Gasteiger partial charge on any atom is -0.385 e. The summed E-state index contributed by atoms with van der Waals surface area (Å²) in [7, 11) is 0. The minimum atomic E-state index is -0.740. The Balaban J connectivity index is 1.79. The van der Waals surface area contributed by atoms with E-state index in [9.17, 15) is 5.11 Å². The second-order valence-corrected chi connectivity index (χ2v) is 4.01. The number of hydrogen-bond donors (Lipinski definition) is 1. The number of rotatable bonds is 0. The molecule has 4 nitrogen and oxygen atoms in total. The van der Waals surface area contributed by atoms with Crippen molar-refractivity contribution in [3.63, 3.8) is 0 Å². The van der Waals surface area contributed by atoms with Crippen LogP contribution in [0.25, 0.3) is 0 Å². The van der Waals surface area contributed by atoms with E-state index in [4.69, 9.17) is 14.2 Å². The van der Waals surface area contributed by atoms with Crippen molar-refractivity contribution in [2.24, 2.45) is 0 Å². The molecule has 3 saturated heterocycles. The third-order valence-electron chi connectivity index (χ3n) is 3.14. The molecular weight excluding hydrogens is 172 g/mol. The van der Waals surface area contributed by atoms with E-state index in [1.165, 1.54) is 0 Å². The summed E-state index contributed by atoms with van der Waals surface area (Å²) in [6.07, 6.45) is 2.41. The van der Waals surface area contributed by atoms with Gasteiger partial charge in [0.2, 0.25) is 0 Å². The van der Waals surface area contributed by atoms with Crippen LogP contribution in [-0.2, 0) is 14.2 Å². The molecule has 13 heavy (non-hydrogen) atoms. The van der Waals surface area contributed by atoms with Crippen LogP contribution in [0.3, 0.4) is 0 Å². The summed E-state index contributed by atoms with van der Waals surface area (Å²) >= 11 is 0. The number of epoxide rings is 1. The molecule has 1 spiro atoms. The largest absolute Gasteiger partial charge is 0.385 e. The molecule has 0 aromatic rings. The zero-order chi connectivity index (χ0) is 8.89. The Morgan fingerprint density at radius 1 is 1.23 bits per heavy atom. The summed E-state index contributed by atoms with van der Waals surface area (Å²) < 4.78 is 16.4. The topological polar surface area (TPSA) is 51.2 Å². The molecule has 3 heterocycles. The van der Waals surface area contributed by atoms with E-state index in [0.29, 0.717) is 13.2 Å². The van der Waals surface area contributed by atoms with Gasteiger partial charge in [0, 0.05) is 6.42 Å². The predicted molar refractivity (Wildman–Crippen MR) is 43.2 cm³/mol. The summed E-state index contributed by atoms with van der Waals surface area (Å²) in [6, 6.07) is 0. The van der Waals surface area contributed by atoms with Gasteiger partial charge in [-0.2, -0.15) is 0 Å². The number of fused-ring (bicyclic) bond motifs is 1. The fourth-order valence-electron chi connectivity index (χ4n) is 2.26. The Morgan fingerprint density at radius 3 is 2.92 bits per heavy atom. The van der Waals surface area contributed by atoms with Crippen molar-refractivity contribution in [1.29, 1.82) is 0 Å². The molecule has 0 aromatic heterocycles. The van der Waals surface area contributed by atoms with Crippen molar-refractivity contribution in [2.45, 2.75) is 43.4 Å². The lowest BCUT2D eigenvalue weighted by Crippen LogP contribution is -2.55. The van der Waals surface area contributed by atoms with Crippen LogP contribution in [0.2, 0.25) is 0 Å². The van der Waals surface area contributed by atoms with Gasteiger partial charge in [0.15, 0.2) is 5.79 Å². The first-order valence-corrected chi connectivity index (χ1v) is 4.93. The monoisotopic (exact) mass is 186 g/mol. The Labute approximate surface area is 76.8 Å². The van der Waals surface area contributed by atoms with E-state index in [1.807, 2.05) is 0 Å². The lowest BCUT2D eigenvalue weighted by atomic mass is 9.94. The minimum absolute atomic E-state index is 0.0353. The van der Waals surface area contributed by atoms with E-state index in [0.717, 1.165) is 19.3 Å². The molecule has 4 atom stereocenters. The van der Waals surface area contributed by atoms with Gasteiger partial charge in [-0.1, -0.05) is 0 Å². The standard InChI is InChI=1S/C9H14O4/c10-8-7-6(13-7)5-12-9(8)3-1-2-4-11-9/h6-8,10H,1-5H2/t6-,7-,8+,9+/m1/s1. The molecule has 0 saturated carbocycles. The van der Waals surface area contributed by atoms with E-state index in [2.05, 4.69) is 0 Å². The lowest BCUT2D eigenvalue weighted by molar-refractivity contribution is -0.308. The number of aliphatic hydroxyl groups excluding tert-OH is 1. The highest BCUT2D eigenvalue weighted by atomic mass is 16.7. The van der Waals surface area contributed by atoms with Gasteiger partial charge in [0.05, 0.1) is 13.2 Å². The van der Waals surface area contributed by atoms with Crippen molar-refractivity contribution < 1.29 is 19.3 Å². The summed E-state index contributed by atoms with van der Waals surface area (Å²) in [5.41, 5.74) is 0. The average Bonchev–Trinajstić information content (AvgIpc) is 2.94. The van der Waals surface area contributed by atoms with Crippen molar-refractivity contribution in [1.82, 2.24) is 0 Å². The van der Waals surface area contributed by atoms with Gasteiger partial charge >= 0.3 is 0 Å². The number of hydrogen-bond acceptors (Lipinski definition) is 4. The Morgan fingerprint density at radius 2 is 2.15 bits per heavy atom. The first-order chi connectivity index (χ1) is 6.32. The van der Waals surface area contributed by atoms with E-state index < -0.39 is 11.9 Å². The summed E-state index contributed by atoms with van der Waals surface area (Å²) in [5, 5.41) is 9.92. The second-order valence-electron chi connectivity index (χ2n) is 4.01. The molecule has 0 bridgehead atoms. The molecule has 0 amide bonds. The average molecular weight is 186 g/mol. The van der Waals surface area contributed by atoms with Crippen molar-refractivity contribution >= 4 is 0 Å². The van der Waals surface area contributed by atoms with Gasteiger partial charge < -0.3 is 19.3 Å². The first kappa shape index (κ1) is 8.17. The highest BCUT2D eigenvalue weighted by molar-refractivity contribution is 5.02. The van der Waals surface area contributed by atoms with E-state index in [1.54, 1.807) is 0 Å². The van der Waals surface area contributed by atoms with Crippen LogP contribution in [0.4, 0.5) is 0 Å². The molecule has 0 aliphatic carbocycles. The summed E-state index contributed by atoms with van der Waals surface area (Å²) in [6.45, 7) is 1.26. The van der Waals surface area contributed by atoms with Crippen LogP contribution >= 0.6 is 0 Å². The third kappa shape index (κ3) is 1.13. The first-order valence-electron chi connectivity index (χ1n) is 4.93. The summed E-state index contributed by atoms with van der Waals surface area (Å²) in [4.78, 5) is 0. The molecule has 0 aromatic carbocycles. The van der Waals surface area contributed by atoms with Gasteiger partial charge in [0.25, 0.3) is 0 Å². The van der Waals surface area contributed by atoms with E-state index >= 15 is 0 Å². The maximum atomic E-state index is 9.92. The molecule has 1 N–H and O–H groups in total. The molecule has 3 rings (SSSR count). The van der Waals surface area contributed by atoms with Crippen LogP contribution in [0, 0.1) is 0 Å². The maximum Gasteiger partial charge on any atom is 0.197 e. The molecule has 74 valence electrons. The van der Waals surface area contributed by atoms with Crippen molar-refractivity contribution in [3.8, 4) is 0 Å². The van der Waals surface area contributed by atoms with Crippen molar-refractivity contribution in [3.05, 3.63) is 0 Å². The van der Waals surface area contributed by atoms with Crippen LogP contribution in [0.5, 0.6) is 0 Å². The molecular formula is C9H14O4. The van der Waals surface area contributed by atoms with Gasteiger partial charge in [0.1, 0.15) is 18.3 Å². The normalized spacial score (nSPS) is 54.7. The fourth-order valence-corrected chi connectivity index (χ4v) is 2.26. The van der Waals surface area contributed by atoms with Crippen LogP contribution in [0.1, 0.15) is 19.3 Å². The Kier molecular flexibility index (Phi) is 1.68. The van der Waals surface area contributed by atoms with Gasteiger partial charge in [-0.3, -0.25) is 0 Å². The smallest absolute Gasteiger partial charge is 0.197 e. The van der Waals surface area contributed by atoms with Gasteiger partial charge in [-0.15, -0.1) is 0 Å². The molecule has 3 fully saturated rings. The predicted octanol–water partition coefficient (Wildman–Crippen LogP) is 0.0417. The number of ether oxygens (including phenoxy) is 3. The molecule has 3 aliphatic rings. The molecule has 0 radical (unpaired) electrons. The lowest BCUT2D eigenvalue weighted by Gasteiger charge is -2.41. The van der Waals surface area contributed by atoms with Crippen LogP contribution in [-0.4, -0.2) is 42.4 Å². The summed E-state index contributed by atoms with van der Waals surface area (Å²) in [5.74, 6) is -0.740. The van der Waals surface area contributed by atoms with Gasteiger partial charge in [-0.25, -0.2) is 0 Å². The van der Waals surface area contributed by atoms with Gasteiger partial charge in [-0.05, 0) is 12.8 Å². The third-order valence-corrected chi connectivity index (χ3v) is 3.14. The number of aliphatic hydroxyl groups is 1. The molecule has 4 heteroatoms. The van der Waals surface area contributed by atoms with E-state index in [-0.39, 0.29) is 12.2 Å². The fraction of sp³-hybridized carbons (Fsp3) is 1.00. The molecule has 3 aliphatic heterocycles. The second kappa shape index (κ2) is 2.67. The zero-order valence-corrected chi connectivity index (χ0v) is 7.44. The van der Waals surface area contributed by atoms with Crippen molar-refractivity contribution in [2.75, 3.05) is 13.2 Å². The highest BCUT2D eigenvalue weighted by Crippen LogP contribution is 2.42. The van der Waals surface area contributed by atoms with Crippen LogP contribution in [0.15, 0.2) is 0 Å². The zero-order valence-electron chi connectivity index (χ0n) is 7.44. The SMILES string of the molecule is O[C@H]1[C@@H]2O[C@@H]2CO[C@@]12CCCCO2. The molecule has 0 unspecified atom stereocenters.